The second-order valence-electron chi connectivity index (χ2n) is 4.45. The van der Waals surface area contributed by atoms with Crippen molar-refractivity contribution in [1.29, 1.82) is 0 Å². The number of aromatic amines is 2. The Hall–Kier alpha value is -1.08. The van der Waals surface area contributed by atoms with Crippen LogP contribution in [-0.4, -0.2) is 25.4 Å². The van der Waals surface area contributed by atoms with E-state index in [0.29, 0.717) is 22.1 Å². The first-order chi connectivity index (χ1) is 8.75. The van der Waals surface area contributed by atoms with E-state index >= 15 is 0 Å². The Bertz CT molecular complexity index is 600. The fraction of sp³-hybridized carbons (Fsp3) is 0.455. The average Bonchev–Trinajstić information content (AvgIpc) is 3.03. The number of nitrogens with zero attached hydrogens (tertiary/aromatic N) is 3. The summed E-state index contributed by atoms with van der Waals surface area (Å²) in [4.78, 5) is 7.69. The Balaban J connectivity index is 2.10. The van der Waals surface area contributed by atoms with Crippen LogP contribution in [0.15, 0.2) is 10.7 Å². The molecule has 7 heteroatoms. The van der Waals surface area contributed by atoms with Crippen LogP contribution in [0.1, 0.15) is 37.3 Å². The molecule has 94 valence electrons. The molecule has 0 aromatic carbocycles. The van der Waals surface area contributed by atoms with Gasteiger partial charge in [0.1, 0.15) is 10.3 Å². The number of rotatable bonds is 2. The van der Waals surface area contributed by atoms with Crippen molar-refractivity contribution in [2.75, 3.05) is 0 Å². The number of hydrogen-bond donors (Lipinski definition) is 2. The first-order valence-corrected chi connectivity index (χ1v) is 7.11. The lowest BCUT2D eigenvalue weighted by Crippen LogP contribution is -2.02. The lowest BCUT2D eigenvalue weighted by Gasteiger charge is -2.13. The molecule has 2 N–H and O–H groups in total. The Kier molecular flexibility index (Phi) is 3.25. The summed E-state index contributed by atoms with van der Waals surface area (Å²) in [5, 5.41) is 10.4. The van der Waals surface area contributed by atoms with E-state index in [1.54, 1.807) is 6.20 Å². The lowest BCUT2D eigenvalue weighted by molar-refractivity contribution is 0.689. The molecule has 1 fully saturated rings. The zero-order valence-corrected chi connectivity index (χ0v) is 12.0. The van der Waals surface area contributed by atoms with Gasteiger partial charge in [0.25, 0.3) is 0 Å². The molecule has 18 heavy (non-hydrogen) atoms. The van der Waals surface area contributed by atoms with Gasteiger partial charge >= 0.3 is 0 Å². The van der Waals surface area contributed by atoms with Gasteiger partial charge in [-0.1, -0.05) is 25.1 Å². The van der Waals surface area contributed by atoms with Gasteiger partial charge in [-0.2, -0.15) is 15.4 Å². The zero-order chi connectivity index (χ0) is 12.5. The molecule has 3 rings (SSSR count). The Morgan fingerprint density at radius 1 is 1.33 bits per heavy atom. The predicted octanol–water partition coefficient (Wildman–Crippen LogP) is 3.34. The van der Waals surface area contributed by atoms with Gasteiger partial charge in [0.15, 0.2) is 5.82 Å². The summed E-state index contributed by atoms with van der Waals surface area (Å²) in [5.41, 5.74) is 1.83. The van der Waals surface area contributed by atoms with Gasteiger partial charge in [0.2, 0.25) is 0 Å². The highest BCUT2D eigenvalue weighted by atomic mass is 79.9. The molecular formula is C11H12BrN5S. The van der Waals surface area contributed by atoms with Crippen molar-refractivity contribution in [3.8, 4) is 11.5 Å². The second-order valence-corrected chi connectivity index (χ2v) is 5.63. The fourth-order valence-corrected chi connectivity index (χ4v) is 3.12. The quantitative estimate of drug-likeness (QED) is 0.831. The zero-order valence-electron chi connectivity index (χ0n) is 9.61. The van der Waals surface area contributed by atoms with Crippen LogP contribution in [0.25, 0.3) is 11.5 Å². The van der Waals surface area contributed by atoms with Gasteiger partial charge in [0.05, 0.1) is 10.7 Å². The molecule has 2 heterocycles. The first kappa shape index (κ1) is 12.0. The van der Waals surface area contributed by atoms with Gasteiger partial charge in [-0.05, 0) is 28.8 Å². The molecule has 0 spiro atoms. The molecule has 0 aliphatic heterocycles. The Morgan fingerprint density at radius 2 is 2.11 bits per heavy atom. The second kappa shape index (κ2) is 4.89. The van der Waals surface area contributed by atoms with Crippen LogP contribution in [0, 0.1) is 4.64 Å². The molecular weight excluding hydrogens is 314 g/mol. The van der Waals surface area contributed by atoms with Crippen molar-refractivity contribution in [3.63, 3.8) is 0 Å². The predicted molar refractivity (Wildman–Crippen MR) is 73.7 cm³/mol. The minimum absolute atomic E-state index is 0.537. The normalized spacial score (nSPS) is 16.3. The monoisotopic (exact) mass is 325 g/mol. The van der Waals surface area contributed by atoms with Crippen molar-refractivity contribution >= 4 is 28.1 Å². The maximum absolute atomic E-state index is 5.30. The highest BCUT2D eigenvalue weighted by Gasteiger charge is 2.22. The third-order valence-electron chi connectivity index (χ3n) is 3.31. The van der Waals surface area contributed by atoms with Crippen LogP contribution >= 0.6 is 28.1 Å². The smallest absolute Gasteiger partial charge is 0.161 e. The summed E-state index contributed by atoms with van der Waals surface area (Å²) in [6, 6.07) is 0. The molecule has 0 bridgehead atoms. The number of H-pyrrole nitrogens is 2. The van der Waals surface area contributed by atoms with Crippen molar-refractivity contribution < 1.29 is 0 Å². The van der Waals surface area contributed by atoms with E-state index in [4.69, 9.17) is 12.2 Å². The SMILES string of the molecule is S=c1nc(-c2cn[nH]n2)[nH]c(C2CCCC2)c1Br. The van der Waals surface area contributed by atoms with Crippen LogP contribution in [0.3, 0.4) is 0 Å². The Morgan fingerprint density at radius 3 is 2.78 bits per heavy atom. The maximum atomic E-state index is 5.30. The highest BCUT2D eigenvalue weighted by Crippen LogP contribution is 2.37. The van der Waals surface area contributed by atoms with Gasteiger partial charge in [-0.3, -0.25) is 0 Å². The first-order valence-electron chi connectivity index (χ1n) is 5.91. The van der Waals surface area contributed by atoms with Gasteiger partial charge < -0.3 is 4.98 Å². The van der Waals surface area contributed by atoms with Crippen molar-refractivity contribution in [2.45, 2.75) is 31.6 Å². The van der Waals surface area contributed by atoms with Gasteiger partial charge in [-0.15, -0.1) is 0 Å². The largest absolute Gasteiger partial charge is 0.340 e. The molecule has 0 amide bonds. The van der Waals surface area contributed by atoms with E-state index < -0.39 is 0 Å². The van der Waals surface area contributed by atoms with Crippen LogP contribution in [0.4, 0.5) is 0 Å². The van der Waals surface area contributed by atoms with E-state index in [1.807, 2.05) is 0 Å². The number of halogens is 1. The fourth-order valence-electron chi connectivity index (χ4n) is 2.41. The van der Waals surface area contributed by atoms with Crippen LogP contribution in [0.5, 0.6) is 0 Å². The summed E-state index contributed by atoms with van der Waals surface area (Å²) in [6.07, 6.45) is 6.59. The highest BCUT2D eigenvalue weighted by molar-refractivity contribution is 9.10. The molecule has 1 saturated carbocycles. The number of hydrogen-bond acceptors (Lipinski definition) is 4. The van der Waals surface area contributed by atoms with E-state index in [2.05, 4.69) is 41.3 Å². The standard InChI is InChI=1S/C11H12BrN5S/c12-8-9(6-3-1-2-4-6)14-10(15-11(8)18)7-5-13-17-16-7/h5-6H,1-4H2,(H,13,16,17)(H,14,15,18). The minimum atomic E-state index is 0.537. The van der Waals surface area contributed by atoms with Crippen LogP contribution < -0.4 is 0 Å². The number of aromatic nitrogens is 5. The molecule has 0 saturated heterocycles. The molecule has 1 aliphatic rings. The molecule has 2 aromatic rings. The minimum Gasteiger partial charge on any atom is -0.340 e. The third-order valence-corrected chi connectivity index (χ3v) is 4.67. The van der Waals surface area contributed by atoms with Gasteiger partial charge in [-0.25, -0.2) is 4.98 Å². The van der Waals surface area contributed by atoms with Crippen LogP contribution in [0.2, 0.25) is 0 Å². The Labute approximate surface area is 118 Å². The molecule has 5 nitrogen and oxygen atoms in total. The topological polar surface area (TPSA) is 70.2 Å². The van der Waals surface area contributed by atoms with Crippen molar-refractivity contribution in [3.05, 3.63) is 21.0 Å². The average molecular weight is 326 g/mol. The molecule has 0 atom stereocenters. The van der Waals surface area contributed by atoms with E-state index in [-0.39, 0.29) is 0 Å². The number of nitrogens with one attached hydrogen (secondary N) is 2. The summed E-state index contributed by atoms with van der Waals surface area (Å²) in [7, 11) is 0. The van der Waals surface area contributed by atoms with Gasteiger partial charge in [0, 0.05) is 11.6 Å². The van der Waals surface area contributed by atoms with Crippen LogP contribution in [-0.2, 0) is 0 Å². The summed E-state index contributed by atoms with van der Waals surface area (Å²) >= 11 is 8.85. The lowest BCUT2D eigenvalue weighted by atomic mass is 10.0. The third kappa shape index (κ3) is 2.12. The molecule has 0 unspecified atom stereocenters. The summed E-state index contributed by atoms with van der Waals surface area (Å²) in [5.74, 6) is 1.22. The van der Waals surface area contributed by atoms with Crippen molar-refractivity contribution in [2.24, 2.45) is 0 Å². The van der Waals surface area contributed by atoms with Crippen molar-refractivity contribution in [1.82, 2.24) is 25.4 Å². The summed E-state index contributed by atoms with van der Waals surface area (Å²) < 4.78 is 1.49. The molecule has 0 radical (unpaired) electrons. The van der Waals surface area contributed by atoms with E-state index in [1.165, 1.54) is 25.7 Å². The maximum Gasteiger partial charge on any atom is 0.161 e. The van der Waals surface area contributed by atoms with E-state index in [9.17, 15) is 0 Å². The van der Waals surface area contributed by atoms with E-state index in [0.717, 1.165) is 10.2 Å². The summed E-state index contributed by atoms with van der Waals surface area (Å²) in [6.45, 7) is 0. The molecule has 1 aliphatic carbocycles. The molecule has 2 aromatic heterocycles.